The van der Waals surface area contributed by atoms with Crippen LogP contribution < -0.4 is 11.1 Å². The predicted octanol–water partition coefficient (Wildman–Crippen LogP) is 2.37. The largest absolute Gasteiger partial charge is 0.382 e. The number of nitrogens with one attached hydrogen (secondary N) is 1. The molecule has 7 heteroatoms. The van der Waals surface area contributed by atoms with E-state index in [0.717, 1.165) is 30.9 Å². The molecule has 0 atom stereocenters. The first-order valence-electron chi connectivity index (χ1n) is 6.10. The van der Waals surface area contributed by atoms with Gasteiger partial charge in [-0.1, -0.05) is 20.8 Å². The van der Waals surface area contributed by atoms with Crippen molar-refractivity contribution in [2.75, 3.05) is 23.3 Å². The Morgan fingerprint density at radius 3 is 2.67 bits per heavy atom. The van der Waals surface area contributed by atoms with Crippen LogP contribution in [-0.4, -0.2) is 25.1 Å². The van der Waals surface area contributed by atoms with Gasteiger partial charge in [-0.15, -0.1) is 0 Å². The van der Waals surface area contributed by atoms with E-state index in [0.29, 0.717) is 10.9 Å². The van der Waals surface area contributed by atoms with Crippen molar-refractivity contribution in [2.24, 2.45) is 5.92 Å². The highest BCUT2D eigenvalue weighted by atomic mass is 32.2. The predicted molar refractivity (Wildman–Crippen MR) is 76.8 cm³/mol. The van der Waals surface area contributed by atoms with Gasteiger partial charge in [0, 0.05) is 6.54 Å². The number of anilines is 2. The molecule has 0 bridgehead atoms. The van der Waals surface area contributed by atoms with Gasteiger partial charge in [-0.2, -0.15) is 4.37 Å². The maximum absolute atomic E-state index is 11.9. The molecule has 0 unspecified atom stereocenters. The van der Waals surface area contributed by atoms with Crippen LogP contribution in [0.1, 0.15) is 33.6 Å². The first-order valence-corrected chi connectivity index (χ1v) is 8.52. The van der Waals surface area contributed by atoms with Gasteiger partial charge in [0.05, 0.1) is 5.75 Å². The first kappa shape index (κ1) is 15.2. The molecule has 0 aliphatic heterocycles. The van der Waals surface area contributed by atoms with Gasteiger partial charge in [-0.25, -0.2) is 8.42 Å². The number of nitrogens with two attached hydrogens (primary N) is 1. The summed E-state index contributed by atoms with van der Waals surface area (Å²) in [6, 6.07) is 0. The quantitative estimate of drug-likeness (QED) is 0.753. The van der Waals surface area contributed by atoms with Crippen molar-refractivity contribution in [1.82, 2.24) is 4.37 Å². The zero-order valence-corrected chi connectivity index (χ0v) is 12.7. The van der Waals surface area contributed by atoms with Crippen LogP contribution >= 0.6 is 11.5 Å². The molecule has 3 N–H and O–H groups in total. The van der Waals surface area contributed by atoms with Gasteiger partial charge in [0.15, 0.2) is 15.7 Å². The highest BCUT2D eigenvalue weighted by Gasteiger charge is 2.23. The van der Waals surface area contributed by atoms with Crippen molar-refractivity contribution < 1.29 is 8.42 Å². The van der Waals surface area contributed by atoms with Gasteiger partial charge in [-0.3, -0.25) is 0 Å². The average molecular weight is 291 g/mol. The second kappa shape index (κ2) is 6.38. The summed E-state index contributed by atoms with van der Waals surface area (Å²) in [6.07, 6.45) is 2.11. The Morgan fingerprint density at radius 1 is 1.44 bits per heavy atom. The average Bonchev–Trinajstić information content (AvgIpc) is 2.66. The molecule has 0 amide bonds. The van der Waals surface area contributed by atoms with Crippen LogP contribution in [0.5, 0.6) is 0 Å². The molecule has 5 nitrogen and oxygen atoms in total. The van der Waals surface area contributed by atoms with E-state index in [1.54, 1.807) is 6.92 Å². The Morgan fingerprint density at radius 2 is 2.11 bits per heavy atom. The molecule has 0 aliphatic rings. The fourth-order valence-corrected chi connectivity index (χ4v) is 3.76. The summed E-state index contributed by atoms with van der Waals surface area (Å²) in [4.78, 5) is 0.166. The third-order valence-electron chi connectivity index (χ3n) is 2.61. The highest BCUT2D eigenvalue weighted by molar-refractivity contribution is 7.91. The van der Waals surface area contributed by atoms with E-state index < -0.39 is 9.84 Å². The van der Waals surface area contributed by atoms with Gasteiger partial charge in [0.25, 0.3) is 0 Å². The number of rotatable bonds is 7. The fourth-order valence-electron chi connectivity index (χ4n) is 1.56. The number of aromatic nitrogens is 1. The Kier molecular flexibility index (Phi) is 5.40. The van der Waals surface area contributed by atoms with Crippen LogP contribution in [0.3, 0.4) is 0 Å². The Labute approximate surface area is 113 Å². The number of hydrogen-bond acceptors (Lipinski definition) is 6. The lowest BCUT2D eigenvalue weighted by Crippen LogP contribution is -2.10. The van der Waals surface area contributed by atoms with E-state index in [1.165, 1.54) is 0 Å². The summed E-state index contributed by atoms with van der Waals surface area (Å²) in [5.74, 6) is 0.793. The number of nitrogens with zero attached hydrogens (tertiary/aromatic N) is 1. The molecule has 1 aromatic rings. The summed E-state index contributed by atoms with van der Waals surface area (Å²) >= 11 is 1.11. The van der Waals surface area contributed by atoms with Crippen LogP contribution in [-0.2, 0) is 9.84 Å². The van der Waals surface area contributed by atoms with E-state index in [4.69, 9.17) is 5.73 Å². The molecule has 0 saturated carbocycles. The van der Waals surface area contributed by atoms with Crippen LogP contribution in [0.25, 0.3) is 0 Å². The molecule has 1 heterocycles. The molecule has 0 aliphatic carbocycles. The zero-order chi connectivity index (χ0) is 13.8. The molecule has 0 spiro atoms. The molecule has 0 radical (unpaired) electrons. The van der Waals surface area contributed by atoms with Gasteiger partial charge in [-0.05, 0) is 30.3 Å². The number of hydrogen-bond donors (Lipinski definition) is 2. The van der Waals surface area contributed by atoms with Crippen molar-refractivity contribution in [3.05, 3.63) is 0 Å². The van der Waals surface area contributed by atoms with Crippen LogP contribution in [0.15, 0.2) is 4.90 Å². The summed E-state index contributed by atoms with van der Waals surface area (Å²) in [6.45, 7) is 6.68. The molecular weight excluding hydrogens is 270 g/mol. The summed E-state index contributed by atoms with van der Waals surface area (Å²) in [7, 11) is -3.31. The first-order chi connectivity index (χ1) is 8.38. The molecule has 104 valence electrons. The molecular formula is C11H21N3O2S2. The highest BCUT2D eigenvalue weighted by Crippen LogP contribution is 2.32. The molecule has 0 aromatic carbocycles. The fraction of sp³-hybridized carbons (Fsp3) is 0.727. The minimum absolute atomic E-state index is 0.0380. The normalized spacial score (nSPS) is 12.0. The Hall–Kier alpha value is -0.820. The van der Waals surface area contributed by atoms with E-state index in [-0.39, 0.29) is 16.5 Å². The Bertz CT molecular complexity index is 480. The van der Waals surface area contributed by atoms with Crippen LogP contribution in [0.2, 0.25) is 0 Å². The SMILES string of the molecule is CCS(=O)(=O)c1c(N)nsc1NCCCC(C)C. The topological polar surface area (TPSA) is 85.1 Å². The number of sulfone groups is 1. The van der Waals surface area contributed by atoms with Crippen molar-refractivity contribution in [3.63, 3.8) is 0 Å². The Balaban J connectivity index is 2.73. The number of nitrogen functional groups attached to an aromatic ring is 1. The van der Waals surface area contributed by atoms with Crippen molar-refractivity contribution >= 4 is 32.2 Å². The van der Waals surface area contributed by atoms with E-state index >= 15 is 0 Å². The van der Waals surface area contributed by atoms with Gasteiger partial charge in [0.1, 0.15) is 9.90 Å². The lowest BCUT2D eigenvalue weighted by atomic mass is 10.1. The maximum Gasteiger partial charge on any atom is 0.184 e. The second-order valence-electron chi connectivity index (χ2n) is 4.59. The molecule has 0 saturated heterocycles. The van der Waals surface area contributed by atoms with Crippen molar-refractivity contribution in [2.45, 2.75) is 38.5 Å². The monoisotopic (exact) mass is 291 g/mol. The van der Waals surface area contributed by atoms with Gasteiger partial charge >= 0.3 is 0 Å². The van der Waals surface area contributed by atoms with E-state index in [1.807, 2.05) is 0 Å². The summed E-state index contributed by atoms with van der Waals surface area (Å²) in [5, 5.41) is 3.69. The van der Waals surface area contributed by atoms with E-state index in [9.17, 15) is 8.42 Å². The van der Waals surface area contributed by atoms with Crippen molar-refractivity contribution in [1.29, 1.82) is 0 Å². The zero-order valence-electron chi connectivity index (χ0n) is 11.1. The summed E-state index contributed by atoms with van der Waals surface area (Å²) < 4.78 is 27.7. The lowest BCUT2D eigenvalue weighted by molar-refractivity contribution is 0.567. The standard InChI is InChI=1S/C11H21N3O2S2/c1-4-18(15,16)9-10(12)14-17-11(9)13-7-5-6-8(2)3/h8,13H,4-7H2,1-3H3,(H2,12,14). The van der Waals surface area contributed by atoms with E-state index in [2.05, 4.69) is 23.5 Å². The lowest BCUT2D eigenvalue weighted by Gasteiger charge is -2.08. The third kappa shape index (κ3) is 3.84. The molecule has 1 rings (SSSR count). The second-order valence-corrected chi connectivity index (χ2v) is 7.58. The van der Waals surface area contributed by atoms with Gasteiger partial charge in [0.2, 0.25) is 0 Å². The van der Waals surface area contributed by atoms with Crippen molar-refractivity contribution in [3.8, 4) is 0 Å². The summed E-state index contributed by atoms with van der Waals surface area (Å²) in [5.41, 5.74) is 5.64. The molecule has 18 heavy (non-hydrogen) atoms. The minimum Gasteiger partial charge on any atom is -0.382 e. The molecule has 0 fully saturated rings. The van der Waals surface area contributed by atoms with Crippen LogP contribution in [0.4, 0.5) is 10.8 Å². The minimum atomic E-state index is -3.31. The third-order valence-corrected chi connectivity index (χ3v) is 5.35. The van der Waals surface area contributed by atoms with Gasteiger partial charge < -0.3 is 11.1 Å². The maximum atomic E-state index is 11.9. The molecule has 1 aromatic heterocycles. The smallest absolute Gasteiger partial charge is 0.184 e. The van der Waals surface area contributed by atoms with Crippen LogP contribution in [0, 0.1) is 5.92 Å².